The number of rotatable bonds is 15. The van der Waals surface area contributed by atoms with E-state index in [-0.39, 0.29) is 13.0 Å². The number of hydrogen-bond donors (Lipinski definition) is 2. The first kappa shape index (κ1) is 42.8. The summed E-state index contributed by atoms with van der Waals surface area (Å²) in [6.45, 7) is 1.43. The number of aliphatic hydroxyl groups is 1. The Bertz CT molecular complexity index is 2640. The van der Waals surface area contributed by atoms with E-state index in [1.165, 1.54) is 10.8 Å². The van der Waals surface area contributed by atoms with Crippen LogP contribution in [0.4, 0.5) is 0 Å². The molecule has 6 aromatic carbocycles. The van der Waals surface area contributed by atoms with E-state index in [4.69, 9.17) is 28.4 Å². The molecule has 0 spiro atoms. The lowest BCUT2D eigenvalue weighted by molar-refractivity contribution is -0.134. The normalized spacial score (nSPS) is 17.6. The minimum absolute atomic E-state index is 0.108. The van der Waals surface area contributed by atoms with Crippen molar-refractivity contribution in [2.24, 2.45) is 0 Å². The summed E-state index contributed by atoms with van der Waals surface area (Å²) in [5.74, 6) is 2.59. The van der Waals surface area contributed by atoms with Crippen molar-refractivity contribution < 1.29 is 33.5 Å². The zero-order chi connectivity index (χ0) is 44.2. The molecule has 2 heterocycles. The smallest absolute Gasteiger partial charge is 0.330 e. The maximum atomic E-state index is 14.4. The van der Waals surface area contributed by atoms with Crippen molar-refractivity contribution in [1.29, 1.82) is 0 Å². The number of hydrogen-bond acceptors (Lipinski definition) is 9. The molecule has 0 saturated carbocycles. The summed E-state index contributed by atoms with van der Waals surface area (Å²) >= 11 is 0. The molecule has 7 aromatic rings. The van der Waals surface area contributed by atoms with Crippen molar-refractivity contribution in [3.63, 3.8) is 0 Å². The van der Waals surface area contributed by atoms with Crippen LogP contribution in [-0.2, 0) is 20.5 Å². The molecule has 0 amide bonds. The van der Waals surface area contributed by atoms with Crippen LogP contribution in [0, 0.1) is 6.92 Å². The number of aryl methyl sites for hydroxylation is 1. The molecule has 11 nitrogen and oxygen atoms in total. The fourth-order valence-corrected chi connectivity index (χ4v) is 9.18. The minimum Gasteiger partial charge on any atom is -0.497 e. The third-order valence-electron chi connectivity index (χ3n) is 12.3. The van der Waals surface area contributed by atoms with Crippen LogP contribution in [0.2, 0.25) is 0 Å². The first-order valence-electron chi connectivity index (χ1n) is 20.6. The molecule has 11 heteroatoms. The predicted molar refractivity (Wildman–Crippen MR) is 240 cm³/mol. The van der Waals surface area contributed by atoms with E-state index in [0.29, 0.717) is 28.6 Å². The van der Waals surface area contributed by atoms with Crippen LogP contribution < -0.4 is 30.2 Å². The van der Waals surface area contributed by atoms with Gasteiger partial charge in [-0.15, -0.1) is 0 Å². The van der Waals surface area contributed by atoms with Crippen LogP contribution >= 0.6 is 0 Å². The van der Waals surface area contributed by atoms with E-state index < -0.39 is 40.2 Å². The van der Waals surface area contributed by atoms with Crippen molar-refractivity contribution in [3.8, 4) is 23.0 Å². The summed E-state index contributed by atoms with van der Waals surface area (Å²) in [6, 6.07) is 50.3. The fraction of sp³-hybridized carbons (Fsp3) is 0.231. The van der Waals surface area contributed by atoms with Crippen LogP contribution in [0.5, 0.6) is 23.0 Å². The number of H-pyrrole nitrogens is 1. The fourth-order valence-electron chi connectivity index (χ4n) is 9.18. The van der Waals surface area contributed by atoms with Gasteiger partial charge in [0.2, 0.25) is 0 Å². The standard InChI is InChI=1S/C52H50N2O9/c1-35-33-54(49(56)53-48(35)55)47-32-50(57,51(36-12-8-6-9-13-36,37-16-24-42(58-2)25-17-37)38-18-26-43(59-3)27-19-38)46(63-47)34-62-52(39-14-10-7-11-15-39,40-20-28-44(60-4)29-21-40)41-22-30-45(61-5)31-23-41/h6-31,33,46-47,57H,32,34H2,1-5H3,(H,53,55,56)/t46-,47-,50+/m1/s1. The van der Waals surface area contributed by atoms with E-state index >= 15 is 0 Å². The Hall–Kier alpha value is -6.92. The van der Waals surface area contributed by atoms with Gasteiger partial charge in [0.25, 0.3) is 5.56 Å². The second-order valence-electron chi connectivity index (χ2n) is 15.6. The molecule has 1 fully saturated rings. The summed E-state index contributed by atoms with van der Waals surface area (Å²) in [5, 5.41) is 14.4. The molecule has 2 N–H and O–H groups in total. The molecule has 1 saturated heterocycles. The van der Waals surface area contributed by atoms with Crippen LogP contribution in [0.3, 0.4) is 0 Å². The number of methoxy groups -OCH3 is 4. The topological polar surface area (TPSA) is 130 Å². The van der Waals surface area contributed by atoms with Crippen molar-refractivity contribution in [3.05, 3.63) is 224 Å². The first-order valence-corrected chi connectivity index (χ1v) is 20.6. The van der Waals surface area contributed by atoms with Gasteiger partial charge in [0.05, 0.1) is 40.5 Å². The van der Waals surface area contributed by atoms with Gasteiger partial charge in [-0.25, -0.2) is 4.79 Å². The maximum absolute atomic E-state index is 14.4. The SMILES string of the molecule is COc1ccc(C(OC[C@H]2O[C@@H](n3cc(C)c(=O)[nH]c3=O)C[C@@]2(O)C(c2ccccc2)(c2ccc(OC)cc2)c2ccc(OC)cc2)(c2ccccc2)c2ccc(OC)cc2)cc1. The van der Waals surface area contributed by atoms with Crippen molar-refractivity contribution >= 4 is 0 Å². The quantitative estimate of drug-likeness (QED) is 0.0989. The lowest BCUT2D eigenvalue weighted by Crippen LogP contribution is -2.59. The summed E-state index contributed by atoms with van der Waals surface area (Å²) in [6.07, 6.45) is -0.836. The molecule has 0 unspecified atom stereocenters. The van der Waals surface area contributed by atoms with Gasteiger partial charge >= 0.3 is 5.69 Å². The lowest BCUT2D eigenvalue weighted by Gasteiger charge is -2.49. The van der Waals surface area contributed by atoms with Crippen molar-refractivity contribution in [2.45, 2.75) is 42.3 Å². The minimum atomic E-state index is -1.89. The monoisotopic (exact) mass is 846 g/mol. The molecular formula is C52H50N2O9. The third-order valence-corrected chi connectivity index (χ3v) is 12.3. The summed E-state index contributed by atoms with van der Waals surface area (Å²) in [4.78, 5) is 28.9. The van der Waals surface area contributed by atoms with Gasteiger partial charge in [-0.05, 0) is 88.8 Å². The van der Waals surface area contributed by atoms with Gasteiger partial charge in [0.15, 0.2) is 0 Å². The van der Waals surface area contributed by atoms with Crippen molar-refractivity contribution in [1.82, 2.24) is 9.55 Å². The highest BCUT2D eigenvalue weighted by Gasteiger charge is 2.63. The number of nitrogens with one attached hydrogen (secondary N) is 1. The predicted octanol–water partition coefficient (Wildman–Crippen LogP) is 7.94. The van der Waals surface area contributed by atoms with Gasteiger partial charge in [0.1, 0.15) is 46.5 Å². The number of ether oxygens (including phenoxy) is 6. The van der Waals surface area contributed by atoms with Gasteiger partial charge in [-0.1, -0.05) is 109 Å². The maximum Gasteiger partial charge on any atom is 0.330 e. The van der Waals surface area contributed by atoms with Gasteiger partial charge in [-0.3, -0.25) is 14.3 Å². The third kappa shape index (κ3) is 7.58. The molecule has 1 aliphatic rings. The summed E-state index contributed by atoms with van der Waals surface area (Å²) in [7, 11) is 6.45. The molecule has 1 aliphatic heterocycles. The van der Waals surface area contributed by atoms with Crippen LogP contribution in [-0.4, -0.2) is 61.4 Å². The molecule has 0 bridgehead atoms. The van der Waals surface area contributed by atoms with Gasteiger partial charge in [-0.2, -0.15) is 0 Å². The number of benzene rings is 6. The summed E-state index contributed by atoms with van der Waals surface area (Å²) < 4.78 is 38.3. The molecule has 322 valence electrons. The molecule has 1 aromatic heterocycles. The second-order valence-corrected chi connectivity index (χ2v) is 15.6. The van der Waals surface area contributed by atoms with E-state index in [0.717, 1.165) is 33.4 Å². The number of nitrogens with zero attached hydrogens (tertiary/aromatic N) is 1. The van der Waals surface area contributed by atoms with Crippen LogP contribution in [0.25, 0.3) is 0 Å². The molecular weight excluding hydrogens is 797 g/mol. The Morgan fingerprint density at radius 3 is 1.41 bits per heavy atom. The zero-order valence-electron chi connectivity index (χ0n) is 35.8. The van der Waals surface area contributed by atoms with Crippen LogP contribution in [0.1, 0.15) is 51.6 Å². The average molecular weight is 847 g/mol. The number of aromatic amines is 1. The highest BCUT2D eigenvalue weighted by molar-refractivity contribution is 5.57. The zero-order valence-corrected chi connectivity index (χ0v) is 35.8. The Morgan fingerprint density at radius 1 is 0.603 bits per heavy atom. The molecule has 3 atom stereocenters. The van der Waals surface area contributed by atoms with E-state index in [9.17, 15) is 14.7 Å². The summed E-state index contributed by atoms with van der Waals surface area (Å²) in [5.41, 5.74) is -0.879. The Balaban J connectivity index is 1.40. The van der Waals surface area contributed by atoms with Crippen LogP contribution in [0.15, 0.2) is 174 Å². The molecule has 63 heavy (non-hydrogen) atoms. The Kier molecular flexibility index (Phi) is 12.1. The Labute approximate surface area is 366 Å². The van der Waals surface area contributed by atoms with Gasteiger partial charge in [0, 0.05) is 18.2 Å². The number of aromatic nitrogens is 2. The molecule has 8 rings (SSSR count). The lowest BCUT2D eigenvalue weighted by atomic mass is 9.57. The highest BCUT2D eigenvalue weighted by Crippen LogP contribution is 2.57. The van der Waals surface area contributed by atoms with E-state index in [1.54, 1.807) is 35.4 Å². The van der Waals surface area contributed by atoms with Crippen molar-refractivity contribution in [2.75, 3.05) is 35.0 Å². The highest BCUT2D eigenvalue weighted by atomic mass is 16.6. The Morgan fingerprint density at radius 2 is 0.984 bits per heavy atom. The van der Waals surface area contributed by atoms with E-state index in [2.05, 4.69) is 4.98 Å². The first-order chi connectivity index (χ1) is 30.6. The second kappa shape index (κ2) is 17.8. The average Bonchev–Trinajstić information content (AvgIpc) is 3.68. The molecule has 0 radical (unpaired) electrons. The largest absolute Gasteiger partial charge is 0.497 e. The molecule has 0 aliphatic carbocycles. The van der Waals surface area contributed by atoms with E-state index in [1.807, 2.05) is 158 Å². The van der Waals surface area contributed by atoms with Gasteiger partial charge < -0.3 is 33.5 Å².